The molecule has 8 heteroatoms. The van der Waals surface area contributed by atoms with Crippen LogP contribution in [0.25, 0.3) is 0 Å². The summed E-state index contributed by atoms with van der Waals surface area (Å²) < 4.78 is 4.96. The summed E-state index contributed by atoms with van der Waals surface area (Å²) in [6.07, 6.45) is 1.33. The molecule has 146 valence electrons. The van der Waals surface area contributed by atoms with Crippen LogP contribution in [0.3, 0.4) is 0 Å². The molecule has 2 aliphatic heterocycles. The highest BCUT2D eigenvalue weighted by molar-refractivity contribution is 6.02. The maximum Gasteiger partial charge on any atom is 0.327 e. The number of carbonyl (C=O) groups excluding carboxylic acids is 3. The van der Waals surface area contributed by atoms with Gasteiger partial charge in [-0.25, -0.2) is 9.59 Å². The minimum atomic E-state index is -0.250. The van der Waals surface area contributed by atoms with Crippen molar-refractivity contribution in [2.24, 2.45) is 0 Å². The number of rotatable bonds is 5. The molecule has 0 radical (unpaired) electrons. The fraction of sp³-hybridized carbons (Fsp3) is 0.526. The molecule has 0 spiro atoms. The summed E-state index contributed by atoms with van der Waals surface area (Å²) in [5, 5.41) is 2.94. The third-order valence-corrected chi connectivity index (χ3v) is 5.18. The molecular formula is C19H26N4O4. The van der Waals surface area contributed by atoms with Gasteiger partial charge in [0.2, 0.25) is 5.91 Å². The molecule has 0 unspecified atom stereocenters. The predicted octanol–water partition coefficient (Wildman–Crippen LogP) is 1.90. The number of anilines is 1. The minimum Gasteiger partial charge on any atom is -0.383 e. The average molecular weight is 374 g/mol. The van der Waals surface area contributed by atoms with Crippen LogP contribution in [0.1, 0.15) is 18.4 Å². The molecule has 27 heavy (non-hydrogen) atoms. The highest BCUT2D eigenvalue weighted by atomic mass is 16.5. The van der Waals surface area contributed by atoms with Crippen LogP contribution >= 0.6 is 0 Å². The van der Waals surface area contributed by atoms with Gasteiger partial charge in [-0.2, -0.15) is 0 Å². The van der Waals surface area contributed by atoms with E-state index in [1.54, 1.807) is 16.9 Å². The molecular weight excluding hydrogens is 348 g/mol. The lowest BCUT2D eigenvalue weighted by atomic mass is 10.0. The van der Waals surface area contributed by atoms with Gasteiger partial charge in [0.15, 0.2) is 0 Å². The number of likely N-dealkylation sites (tertiary alicyclic amines) is 1. The van der Waals surface area contributed by atoms with Crippen LogP contribution < -0.4 is 5.32 Å². The third-order valence-electron chi connectivity index (χ3n) is 5.18. The van der Waals surface area contributed by atoms with Gasteiger partial charge in [-0.15, -0.1) is 0 Å². The summed E-state index contributed by atoms with van der Waals surface area (Å²) in [5.41, 5.74) is 1.82. The molecule has 3 rings (SSSR count). The quantitative estimate of drug-likeness (QED) is 0.798. The number of ether oxygens (including phenoxy) is 1. The Balaban J connectivity index is 1.53. The van der Waals surface area contributed by atoms with E-state index in [4.69, 9.17) is 4.74 Å². The van der Waals surface area contributed by atoms with E-state index in [-0.39, 0.29) is 37.1 Å². The van der Waals surface area contributed by atoms with Crippen molar-refractivity contribution in [3.63, 3.8) is 0 Å². The molecule has 0 aromatic heterocycles. The van der Waals surface area contributed by atoms with E-state index in [2.05, 4.69) is 5.32 Å². The Morgan fingerprint density at radius 1 is 1.22 bits per heavy atom. The fourth-order valence-corrected chi connectivity index (χ4v) is 3.54. The number of para-hydroxylation sites is 1. The molecule has 0 bridgehead atoms. The Morgan fingerprint density at radius 2 is 1.93 bits per heavy atom. The average Bonchev–Trinajstić information content (AvgIpc) is 2.96. The van der Waals surface area contributed by atoms with Crippen LogP contribution in [0.5, 0.6) is 0 Å². The first-order chi connectivity index (χ1) is 13.0. The lowest BCUT2D eigenvalue weighted by molar-refractivity contribution is -0.125. The van der Waals surface area contributed by atoms with Gasteiger partial charge in [-0.3, -0.25) is 9.69 Å². The predicted molar refractivity (Wildman–Crippen MR) is 100 cm³/mol. The second kappa shape index (κ2) is 8.39. The Kier molecular flexibility index (Phi) is 5.95. The summed E-state index contributed by atoms with van der Waals surface area (Å²) in [4.78, 5) is 41.7. The lowest BCUT2D eigenvalue weighted by Gasteiger charge is -2.36. The number of hydrogen-bond acceptors (Lipinski definition) is 4. The molecule has 2 saturated heterocycles. The first kappa shape index (κ1) is 19.2. The molecule has 8 nitrogen and oxygen atoms in total. The number of piperidine rings is 1. The molecule has 2 fully saturated rings. The lowest BCUT2D eigenvalue weighted by Crippen LogP contribution is -2.49. The molecule has 5 amide bonds. The molecule has 1 N–H and O–H groups in total. The van der Waals surface area contributed by atoms with Gasteiger partial charge in [0, 0.05) is 31.9 Å². The standard InChI is InChI=1S/C19H26N4O4/c1-14-5-3-4-6-16(14)20-18(25)21-9-7-15(8-10-21)23-13-17(24)22(19(23)26)11-12-27-2/h3-6,15H,7-13H2,1-2H3,(H,20,25). The second-order valence-electron chi connectivity index (χ2n) is 6.91. The number of hydrogen-bond donors (Lipinski definition) is 1. The Morgan fingerprint density at radius 3 is 2.59 bits per heavy atom. The van der Waals surface area contributed by atoms with Crippen LogP contribution in [-0.2, 0) is 9.53 Å². The normalized spacial score (nSPS) is 18.4. The van der Waals surface area contributed by atoms with Crippen LogP contribution in [0, 0.1) is 6.92 Å². The highest BCUT2D eigenvalue weighted by Gasteiger charge is 2.40. The molecule has 0 atom stereocenters. The minimum absolute atomic E-state index is 0.0171. The monoisotopic (exact) mass is 374 g/mol. The van der Waals surface area contributed by atoms with Crippen molar-refractivity contribution in [2.75, 3.05) is 45.2 Å². The molecule has 0 aliphatic carbocycles. The van der Waals surface area contributed by atoms with Crippen molar-refractivity contribution in [3.05, 3.63) is 29.8 Å². The number of urea groups is 2. The maximum atomic E-state index is 12.5. The van der Waals surface area contributed by atoms with E-state index in [0.29, 0.717) is 32.5 Å². The zero-order valence-electron chi connectivity index (χ0n) is 15.8. The summed E-state index contributed by atoms with van der Waals surface area (Å²) in [6.45, 7) is 3.79. The van der Waals surface area contributed by atoms with Gasteiger partial charge in [-0.1, -0.05) is 18.2 Å². The van der Waals surface area contributed by atoms with Crippen molar-refractivity contribution in [3.8, 4) is 0 Å². The van der Waals surface area contributed by atoms with Crippen LogP contribution in [-0.4, -0.2) is 78.6 Å². The van der Waals surface area contributed by atoms with Gasteiger partial charge in [0.1, 0.15) is 6.54 Å². The number of aryl methyl sites for hydroxylation is 1. The summed E-state index contributed by atoms with van der Waals surface area (Å²) in [5.74, 6) is -0.184. The Bertz CT molecular complexity index is 715. The van der Waals surface area contributed by atoms with Crippen molar-refractivity contribution < 1.29 is 19.1 Å². The number of nitrogens with one attached hydrogen (secondary N) is 1. The van der Waals surface area contributed by atoms with Gasteiger partial charge in [-0.05, 0) is 31.4 Å². The summed E-state index contributed by atoms with van der Waals surface area (Å²) in [7, 11) is 1.54. The Hall–Kier alpha value is -2.61. The van der Waals surface area contributed by atoms with Crippen LogP contribution in [0.4, 0.5) is 15.3 Å². The van der Waals surface area contributed by atoms with Crippen molar-refractivity contribution >= 4 is 23.7 Å². The second-order valence-corrected chi connectivity index (χ2v) is 6.91. The summed E-state index contributed by atoms with van der Waals surface area (Å²) >= 11 is 0. The summed E-state index contributed by atoms with van der Waals surface area (Å²) in [6, 6.07) is 7.25. The van der Waals surface area contributed by atoms with Crippen LogP contribution in [0.2, 0.25) is 0 Å². The maximum absolute atomic E-state index is 12.5. The zero-order valence-corrected chi connectivity index (χ0v) is 15.8. The fourth-order valence-electron chi connectivity index (χ4n) is 3.54. The van der Waals surface area contributed by atoms with Crippen LogP contribution in [0.15, 0.2) is 24.3 Å². The molecule has 1 aromatic carbocycles. The number of benzene rings is 1. The first-order valence-electron chi connectivity index (χ1n) is 9.22. The van der Waals surface area contributed by atoms with Gasteiger partial charge in [0.25, 0.3) is 0 Å². The largest absolute Gasteiger partial charge is 0.383 e. The van der Waals surface area contributed by atoms with E-state index in [0.717, 1.165) is 11.3 Å². The SMILES string of the molecule is COCCN1C(=O)CN(C2CCN(C(=O)Nc3ccccc3C)CC2)C1=O. The van der Waals surface area contributed by atoms with E-state index >= 15 is 0 Å². The van der Waals surface area contributed by atoms with Crippen molar-refractivity contribution in [2.45, 2.75) is 25.8 Å². The molecule has 2 aliphatic rings. The number of methoxy groups -OCH3 is 1. The van der Waals surface area contributed by atoms with E-state index in [9.17, 15) is 14.4 Å². The van der Waals surface area contributed by atoms with Gasteiger partial charge in [0.05, 0.1) is 13.2 Å². The smallest absolute Gasteiger partial charge is 0.327 e. The number of imide groups is 1. The Labute approximate surface area is 159 Å². The first-order valence-corrected chi connectivity index (χ1v) is 9.22. The molecule has 1 aromatic rings. The topological polar surface area (TPSA) is 82.2 Å². The number of nitrogens with zero attached hydrogens (tertiary/aromatic N) is 3. The van der Waals surface area contributed by atoms with E-state index in [1.165, 1.54) is 4.90 Å². The van der Waals surface area contributed by atoms with Gasteiger partial charge < -0.3 is 19.9 Å². The highest BCUT2D eigenvalue weighted by Crippen LogP contribution is 2.23. The molecule has 0 saturated carbocycles. The van der Waals surface area contributed by atoms with E-state index in [1.807, 2.05) is 31.2 Å². The third kappa shape index (κ3) is 4.21. The van der Waals surface area contributed by atoms with Gasteiger partial charge >= 0.3 is 12.1 Å². The zero-order chi connectivity index (χ0) is 19.4. The number of carbonyl (C=O) groups is 3. The van der Waals surface area contributed by atoms with Crippen molar-refractivity contribution in [1.29, 1.82) is 0 Å². The van der Waals surface area contributed by atoms with Crippen molar-refractivity contribution in [1.82, 2.24) is 14.7 Å². The number of amides is 5. The molecule has 2 heterocycles. The van der Waals surface area contributed by atoms with E-state index < -0.39 is 0 Å².